The smallest absolute Gasteiger partial charge is 0.362 e. The maximum Gasteiger partial charge on any atom is 0.416 e. The fourth-order valence-corrected chi connectivity index (χ4v) is 4.99. The van der Waals surface area contributed by atoms with Crippen molar-refractivity contribution < 1.29 is 22.8 Å². The summed E-state index contributed by atoms with van der Waals surface area (Å²) in [6.45, 7) is 4.12. The molecule has 4 rings (SSSR count). The highest BCUT2D eigenvalue weighted by Crippen LogP contribution is 2.33. The van der Waals surface area contributed by atoms with Crippen molar-refractivity contribution in [1.29, 1.82) is 0 Å². The third-order valence-corrected chi connectivity index (χ3v) is 6.89. The van der Waals surface area contributed by atoms with E-state index < -0.39 is 11.7 Å². The molecule has 2 N–H and O–H groups in total. The minimum Gasteiger partial charge on any atom is -0.362 e. The molecule has 0 atom stereocenters. The number of hydrogen-bond acceptors (Lipinski definition) is 6. The molecule has 1 amide bonds. The molecule has 1 saturated heterocycles. The predicted molar refractivity (Wildman–Crippen MR) is 122 cm³/mol. The SMILES string of the molecule is CC(=O)NCC1CCC(N2CC(CC(=O)CNc3ncnc4ccc(C(F)(F)F)cc34)C2)CC1. The predicted octanol–water partition coefficient (Wildman–Crippen LogP) is 3.65. The Morgan fingerprint density at radius 1 is 1.09 bits per heavy atom. The summed E-state index contributed by atoms with van der Waals surface area (Å²) in [7, 11) is 0. The van der Waals surface area contributed by atoms with E-state index in [-0.39, 0.29) is 29.4 Å². The molecule has 0 spiro atoms. The molecule has 34 heavy (non-hydrogen) atoms. The molecule has 184 valence electrons. The van der Waals surface area contributed by atoms with Gasteiger partial charge in [-0.25, -0.2) is 9.97 Å². The number of carbonyl (C=O) groups is 2. The summed E-state index contributed by atoms with van der Waals surface area (Å²) in [6, 6.07) is 3.86. The summed E-state index contributed by atoms with van der Waals surface area (Å²) in [6.07, 6.45) is 1.71. The van der Waals surface area contributed by atoms with Gasteiger partial charge in [0.25, 0.3) is 0 Å². The molecule has 2 aliphatic rings. The first-order chi connectivity index (χ1) is 16.2. The Bertz CT molecular complexity index is 1030. The summed E-state index contributed by atoms with van der Waals surface area (Å²) < 4.78 is 39.2. The molecule has 1 saturated carbocycles. The molecule has 2 fully saturated rings. The zero-order valence-electron chi connectivity index (χ0n) is 19.2. The van der Waals surface area contributed by atoms with Crippen LogP contribution in [0.2, 0.25) is 0 Å². The largest absolute Gasteiger partial charge is 0.416 e. The zero-order chi connectivity index (χ0) is 24.3. The van der Waals surface area contributed by atoms with Gasteiger partial charge in [-0.2, -0.15) is 13.2 Å². The third kappa shape index (κ3) is 6.02. The van der Waals surface area contributed by atoms with Gasteiger partial charge in [-0.1, -0.05) is 0 Å². The first-order valence-corrected chi connectivity index (χ1v) is 11.7. The van der Waals surface area contributed by atoms with Crippen LogP contribution in [0.3, 0.4) is 0 Å². The van der Waals surface area contributed by atoms with Gasteiger partial charge in [0.1, 0.15) is 12.1 Å². The molecule has 0 bridgehead atoms. The van der Waals surface area contributed by atoms with Crippen molar-refractivity contribution in [2.45, 2.75) is 51.2 Å². The van der Waals surface area contributed by atoms with Crippen LogP contribution in [0.15, 0.2) is 24.5 Å². The number of amides is 1. The summed E-state index contributed by atoms with van der Waals surface area (Å²) in [5.74, 6) is 1.13. The Hall–Kier alpha value is -2.75. The van der Waals surface area contributed by atoms with Gasteiger partial charge in [0, 0.05) is 44.4 Å². The minimum atomic E-state index is -4.46. The lowest BCUT2D eigenvalue weighted by Gasteiger charge is -2.46. The summed E-state index contributed by atoms with van der Waals surface area (Å²) in [4.78, 5) is 34.1. The number of rotatable bonds is 8. The Labute approximate surface area is 196 Å². The highest BCUT2D eigenvalue weighted by Gasteiger charge is 2.35. The van der Waals surface area contributed by atoms with E-state index in [2.05, 4.69) is 25.5 Å². The first kappa shape index (κ1) is 24.4. The van der Waals surface area contributed by atoms with Crippen molar-refractivity contribution in [3.05, 3.63) is 30.1 Å². The molecule has 1 aromatic carbocycles. The summed E-state index contributed by atoms with van der Waals surface area (Å²) in [5, 5.41) is 6.06. The van der Waals surface area contributed by atoms with E-state index in [4.69, 9.17) is 0 Å². The molecule has 2 aromatic rings. The van der Waals surface area contributed by atoms with Gasteiger partial charge in [0.05, 0.1) is 17.6 Å². The molecule has 10 heteroatoms. The van der Waals surface area contributed by atoms with E-state index in [1.165, 1.54) is 12.4 Å². The molecule has 1 aliphatic heterocycles. The van der Waals surface area contributed by atoms with Crippen LogP contribution in [0.4, 0.5) is 19.0 Å². The highest BCUT2D eigenvalue weighted by molar-refractivity contribution is 5.91. The lowest BCUT2D eigenvalue weighted by atomic mass is 9.82. The molecule has 0 radical (unpaired) electrons. The Balaban J connectivity index is 1.22. The number of carbonyl (C=O) groups excluding carboxylic acids is 2. The number of nitrogens with zero attached hydrogens (tertiary/aromatic N) is 3. The second kappa shape index (κ2) is 10.2. The van der Waals surface area contributed by atoms with E-state index in [1.807, 2.05) is 0 Å². The fourth-order valence-electron chi connectivity index (χ4n) is 4.99. The molecular weight excluding hydrogens is 447 g/mol. The average molecular weight is 478 g/mol. The number of Topliss-reactive ketones (excluding diaryl/α,β-unsaturated/α-hetero) is 1. The second-order valence-electron chi connectivity index (χ2n) is 9.48. The number of ketones is 1. The van der Waals surface area contributed by atoms with Crippen LogP contribution in [-0.4, -0.2) is 58.8 Å². The van der Waals surface area contributed by atoms with Crippen LogP contribution in [0.1, 0.15) is 44.6 Å². The van der Waals surface area contributed by atoms with Gasteiger partial charge < -0.3 is 10.6 Å². The van der Waals surface area contributed by atoms with Gasteiger partial charge in [-0.05, 0) is 55.7 Å². The van der Waals surface area contributed by atoms with Crippen molar-refractivity contribution >= 4 is 28.4 Å². The number of alkyl halides is 3. The fraction of sp³-hybridized carbons (Fsp3) is 0.583. The lowest BCUT2D eigenvalue weighted by Crippen LogP contribution is -2.53. The monoisotopic (exact) mass is 477 g/mol. The van der Waals surface area contributed by atoms with E-state index in [0.29, 0.717) is 29.8 Å². The van der Waals surface area contributed by atoms with E-state index >= 15 is 0 Å². The number of aromatic nitrogens is 2. The normalized spacial score (nSPS) is 21.8. The van der Waals surface area contributed by atoms with Crippen molar-refractivity contribution in [3.8, 4) is 0 Å². The van der Waals surface area contributed by atoms with Gasteiger partial charge in [0.15, 0.2) is 5.78 Å². The van der Waals surface area contributed by atoms with E-state index in [9.17, 15) is 22.8 Å². The Morgan fingerprint density at radius 2 is 1.82 bits per heavy atom. The lowest BCUT2D eigenvalue weighted by molar-refractivity contribution is -0.137. The molecule has 2 heterocycles. The average Bonchev–Trinajstić information content (AvgIpc) is 2.78. The number of halogens is 3. The number of anilines is 1. The number of fused-ring (bicyclic) bond motifs is 1. The molecule has 7 nitrogen and oxygen atoms in total. The topological polar surface area (TPSA) is 87.2 Å². The van der Waals surface area contributed by atoms with E-state index in [0.717, 1.165) is 57.5 Å². The van der Waals surface area contributed by atoms with Crippen molar-refractivity contribution in [3.63, 3.8) is 0 Å². The molecule has 0 unspecified atom stereocenters. The first-order valence-electron chi connectivity index (χ1n) is 11.7. The second-order valence-corrected chi connectivity index (χ2v) is 9.48. The van der Waals surface area contributed by atoms with Crippen LogP contribution in [0, 0.1) is 11.8 Å². The quantitative estimate of drug-likeness (QED) is 0.604. The number of hydrogen-bond donors (Lipinski definition) is 2. The summed E-state index contributed by atoms with van der Waals surface area (Å²) >= 11 is 0. The van der Waals surface area contributed by atoms with Gasteiger partial charge in [-0.3, -0.25) is 14.5 Å². The van der Waals surface area contributed by atoms with Crippen LogP contribution >= 0.6 is 0 Å². The molecular formula is C24H30F3N5O2. The van der Waals surface area contributed by atoms with Crippen LogP contribution in [0.25, 0.3) is 10.9 Å². The number of likely N-dealkylation sites (tertiary alicyclic amines) is 1. The van der Waals surface area contributed by atoms with Gasteiger partial charge in [0.2, 0.25) is 5.91 Å². The maximum atomic E-state index is 13.1. The van der Waals surface area contributed by atoms with Gasteiger partial charge in [-0.15, -0.1) is 0 Å². The zero-order valence-corrected chi connectivity index (χ0v) is 19.2. The van der Waals surface area contributed by atoms with Crippen molar-refractivity contribution in [2.24, 2.45) is 11.8 Å². The number of benzene rings is 1. The Kier molecular flexibility index (Phi) is 7.35. The van der Waals surface area contributed by atoms with Crippen molar-refractivity contribution in [2.75, 3.05) is 31.5 Å². The molecule has 1 aromatic heterocycles. The maximum absolute atomic E-state index is 13.1. The van der Waals surface area contributed by atoms with Gasteiger partial charge >= 0.3 is 6.18 Å². The minimum absolute atomic E-state index is 0.0161. The van der Waals surface area contributed by atoms with Crippen molar-refractivity contribution in [1.82, 2.24) is 20.2 Å². The molecule has 1 aliphatic carbocycles. The van der Waals surface area contributed by atoms with Crippen LogP contribution in [0.5, 0.6) is 0 Å². The van der Waals surface area contributed by atoms with Crippen LogP contribution in [-0.2, 0) is 15.8 Å². The Morgan fingerprint density at radius 3 is 2.50 bits per heavy atom. The standard InChI is InChI=1S/C24H30F3N5O2/c1-15(33)28-10-16-2-5-19(6-3-16)32-12-17(13-32)8-20(34)11-29-23-21-9-18(24(25,26)27)4-7-22(21)30-14-31-23/h4,7,9,14,16-17,19H,2-3,5-6,8,10-13H2,1H3,(H,28,33)(H,29,30,31). The third-order valence-electron chi connectivity index (χ3n) is 6.89. The summed E-state index contributed by atoms with van der Waals surface area (Å²) in [5.41, 5.74) is -0.387. The van der Waals surface area contributed by atoms with Crippen LogP contribution < -0.4 is 10.6 Å². The highest BCUT2D eigenvalue weighted by atomic mass is 19.4. The number of nitrogens with one attached hydrogen (secondary N) is 2. The van der Waals surface area contributed by atoms with E-state index in [1.54, 1.807) is 6.92 Å².